The van der Waals surface area contributed by atoms with E-state index in [0.717, 1.165) is 37.4 Å². The van der Waals surface area contributed by atoms with Crippen LogP contribution in [0.2, 0.25) is 0 Å². The smallest absolute Gasteiger partial charge is 0.258 e. The van der Waals surface area contributed by atoms with E-state index in [4.69, 9.17) is 5.26 Å². The highest BCUT2D eigenvalue weighted by molar-refractivity contribution is 7.89. The van der Waals surface area contributed by atoms with Crippen LogP contribution in [-0.4, -0.2) is 18.3 Å². The number of nitriles is 1. The number of hydrogen-bond donors (Lipinski definition) is 1. The van der Waals surface area contributed by atoms with Crippen LogP contribution in [-0.2, 0) is 23.0 Å². The zero-order valence-corrected chi connectivity index (χ0v) is 15.5. The van der Waals surface area contributed by atoms with Crippen molar-refractivity contribution < 1.29 is 13.3 Å². The molecule has 8 nitrogen and oxygen atoms in total. The summed E-state index contributed by atoms with van der Waals surface area (Å²) in [5.74, 6) is 0. The monoisotopic (exact) mass is 388 g/mol. The topological polar surface area (TPSA) is 126 Å². The van der Waals surface area contributed by atoms with Gasteiger partial charge in [0.1, 0.15) is 0 Å². The second kappa shape index (κ2) is 9.75. The Kier molecular flexibility index (Phi) is 7.40. The van der Waals surface area contributed by atoms with Crippen molar-refractivity contribution in [2.75, 3.05) is 0 Å². The van der Waals surface area contributed by atoms with Crippen molar-refractivity contribution in [3.63, 3.8) is 0 Å². The van der Waals surface area contributed by atoms with Crippen LogP contribution in [0.3, 0.4) is 0 Å². The number of sulfonamides is 1. The maximum Gasteiger partial charge on any atom is 0.289 e. The Bertz CT molecular complexity index is 938. The minimum absolute atomic E-state index is 0.0589. The molecule has 1 aromatic heterocycles. The molecular formula is C18H20N4O4S. The van der Waals surface area contributed by atoms with Gasteiger partial charge in [-0.2, -0.15) is 5.26 Å². The molecule has 0 aliphatic heterocycles. The normalized spacial score (nSPS) is 11.1. The zero-order valence-electron chi connectivity index (χ0n) is 14.7. The van der Waals surface area contributed by atoms with Gasteiger partial charge in [-0.05, 0) is 37.5 Å². The molecular weight excluding hydrogens is 368 g/mol. The molecule has 0 atom stereocenters. The fraction of sp³-hybridized carbons (Fsp3) is 0.333. The van der Waals surface area contributed by atoms with Crippen LogP contribution in [0.5, 0.6) is 0 Å². The molecule has 0 aliphatic carbocycles. The highest BCUT2D eigenvalue weighted by Crippen LogP contribution is 2.22. The molecule has 2 aromatic rings. The van der Waals surface area contributed by atoms with Crippen molar-refractivity contribution in [2.45, 2.75) is 43.5 Å². The van der Waals surface area contributed by atoms with E-state index in [-0.39, 0.29) is 11.4 Å². The molecule has 0 saturated carbocycles. The number of pyridine rings is 1. The van der Waals surface area contributed by atoms with E-state index in [9.17, 15) is 18.5 Å². The van der Waals surface area contributed by atoms with Gasteiger partial charge < -0.3 is 0 Å². The Balaban J connectivity index is 2.01. The van der Waals surface area contributed by atoms with Gasteiger partial charge in [0.05, 0.1) is 23.2 Å². The summed E-state index contributed by atoms with van der Waals surface area (Å²) in [4.78, 5) is 14.4. The van der Waals surface area contributed by atoms with Crippen molar-refractivity contribution in [3.8, 4) is 6.07 Å². The number of aromatic nitrogens is 1. The number of aryl methyl sites for hydroxylation is 1. The minimum Gasteiger partial charge on any atom is -0.258 e. The summed E-state index contributed by atoms with van der Waals surface area (Å²) in [6.45, 7) is -0.0589. The third-order valence-electron chi connectivity index (χ3n) is 3.88. The maximum atomic E-state index is 12.4. The van der Waals surface area contributed by atoms with Gasteiger partial charge in [0.15, 0.2) is 4.90 Å². The number of rotatable bonds is 10. The molecule has 9 heteroatoms. The molecule has 1 heterocycles. The number of nitrogens with zero attached hydrogens (tertiary/aromatic N) is 3. The highest BCUT2D eigenvalue weighted by Gasteiger charge is 2.24. The van der Waals surface area contributed by atoms with Crippen LogP contribution < -0.4 is 4.72 Å². The van der Waals surface area contributed by atoms with Crippen molar-refractivity contribution in [1.29, 1.82) is 5.26 Å². The first-order valence-electron chi connectivity index (χ1n) is 8.49. The van der Waals surface area contributed by atoms with Crippen LogP contribution >= 0.6 is 0 Å². The van der Waals surface area contributed by atoms with E-state index >= 15 is 0 Å². The van der Waals surface area contributed by atoms with Crippen LogP contribution in [0.15, 0.2) is 47.4 Å². The van der Waals surface area contributed by atoms with Crippen molar-refractivity contribution >= 4 is 15.7 Å². The molecule has 27 heavy (non-hydrogen) atoms. The molecule has 0 bridgehead atoms. The average Bonchev–Trinajstić information content (AvgIpc) is 2.67. The van der Waals surface area contributed by atoms with Crippen LogP contribution in [0, 0.1) is 21.4 Å². The molecule has 0 spiro atoms. The standard InChI is InChI=1S/C18H20N4O4S/c19-13-6-2-1-3-8-15-9-7-10-16(21-15)14-20-27(25,26)18-12-5-4-11-17(18)22(23)24/h4-5,7,9-12,20H,1-3,6,8,14H2. The molecule has 142 valence electrons. The lowest BCUT2D eigenvalue weighted by molar-refractivity contribution is -0.387. The Morgan fingerprint density at radius 3 is 2.56 bits per heavy atom. The van der Waals surface area contributed by atoms with E-state index < -0.39 is 20.6 Å². The van der Waals surface area contributed by atoms with Crippen molar-refractivity contribution in [1.82, 2.24) is 9.71 Å². The van der Waals surface area contributed by atoms with Gasteiger partial charge in [-0.1, -0.05) is 24.6 Å². The van der Waals surface area contributed by atoms with Gasteiger partial charge in [-0.3, -0.25) is 15.1 Å². The van der Waals surface area contributed by atoms with Gasteiger partial charge in [-0.25, -0.2) is 13.1 Å². The number of nitro benzene ring substituents is 1. The van der Waals surface area contributed by atoms with E-state index in [1.165, 1.54) is 18.2 Å². The first-order chi connectivity index (χ1) is 12.9. The Labute approximate surface area is 158 Å². The van der Waals surface area contributed by atoms with E-state index in [2.05, 4.69) is 15.8 Å². The number of para-hydroxylation sites is 1. The summed E-state index contributed by atoms with van der Waals surface area (Å²) >= 11 is 0. The van der Waals surface area contributed by atoms with Crippen LogP contribution in [0.1, 0.15) is 37.1 Å². The molecule has 0 unspecified atom stereocenters. The summed E-state index contributed by atoms with van der Waals surface area (Å²) in [5, 5.41) is 19.6. The van der Waals surface area contributed by atoms with Crippen molar-refractivity contribution in [3.05, 3.63) is 64.0 Å². The third kappa shape index (κ3) is 6.13. The number of nitrogens with one attached hydrogen (secondary N) is 1. The second-order valence-electron chi connectivity index (χ2n) is 5.89. The average molecular weight is 388 g/mol. The molecule has 0 amide bonds. The Hall–Kier alpha value is -2.83. The first kappa shape index (κ1) is 20.5. The zero-order chi connectivity index (χ0) is 19.7. The molecule has 0 saturated heterocycles. The lowest BCUT2D eigenvalue weighted by Crippen LogP contribution is -2.24. The lowest BCUT2D eigenvalue weighted by Gasteiger charge is -2.08. The quantitative estimate of drug-likeness (QED) is 0.379. The fourth-order valence-electron chi connectivity index (χ4n) is 2.54. The second-order valence-corrected chi connectivity index (χ2v) is 7.62. The molecule has 0 radical (unpaired) electrons. The Morgan fingerprint density at radius 2 is 1.81 bits per heavy atom. The molecule has 0 fully saturated rings. The van der Waals surface area contributed by atoms with E-state index in [0.29, 0.717) is 12.1 Å². The van der Waals surface area contributed by atoms with Gasteiger partial charge in [0.2, 0.25) is 10.0 Å². The SMILES string of the molecule is N#CCCCCCc1cccc(CNS(=O)(=O)c2ccccc2[N+](=O)[O-])n1. The van der Waals surface area contributed by atoms with E-state index in [1.807, 2.05) is 6.07 Å². The third-order valence-corrected chi connectivity index (χ3v) is 5.33. The first-order valence-corrected chi connectivity index (χ1v) is 9.97. The number of benzene rings is 1. The van der Waals surface area contributed by atoms with Crippen LogP contribution in [0.25, 0.3) is 0 Å². The highest BCUT2D eigenvalue weighted by atomic mass is 32.2. The fourth-order valence-corrected chi connectivity index (χ4v) is 3.70. The molecule has 1 aromatic carbocycles. The molecule has 2 rings (SSSR count). The molecule has 0 aliphatic rings. The summed E-state index contributed by atoms with van der Waals surface area (Å²) in [6, 6.07) is 12.7. The Morgan fingerprint density at radius 1 is 1.07 bits per heavy atom. The van der Waals surface area contributed by atoms with Gasteiger partial charge >= 0.3 is 0 Å². The molecule has 1 N–H and O–H groups in total. The largest absolute Gasteiger partial charge is 0.289 e. The van der Waals surface area contributed by atoms with Crippen LogP contribution in [0.4, 0.5) is 5.69 Å². The van der Waals surface area contributed by atoms with Gasteiger partial charge in [0, 0.05) is 18.2 Å². The van der Waals surface area contributed by atoms with E-state index in [1.54, 1.807) is 12.1 Å². The number of unbranched alkanes of at least 4 members (excludes halogenated alkanes) is 3. The lowest BCUT2D eigenvalue weighted by atomic mass is 10.1. The van der Waals surface area contributed by atoms with Gasteiger partial charge in [-0.15, -0.1) is 0 Å². The van der Waals surface area contributed by atoms with Gasteiger partial charge in [0.25, 0.3) is 5.69 Å². The maximum absolute atomic E-state index is 12.4. The summed E-state index contributed by atoms with van der Waals surface area (Å²) in [7, 11) is -4.04. The predicted molar refractivity (Wildman–Crippen MR) is 99.1 cm³/mol. The summed E-state index contributed by atoms with van der Waals surface area (Å²) in [6.07, 6.45) is 3.98. The number of hydrogen-bond acceptors (Lipinski definition) is 6. The number of nitro groups is 1. The minimum atomic E-state index is -4.04. The van der Waals surface area contributed by atoms with Crippen molar-refractivity contribution in [2.24, 2.45) is 0 Å². The summed E-state index contributed by atoms with van der Waals surface area (Å²) < 4.78 is 27.2. The summed E-state index contributed by atoms with van der Waals surface area (Å²) in [5.41, 5.74) is 0.908. The predicted octanol–water partition coefficient (Wildman–Crippen LogP) is 3.09.